The highest BCUT2D eigenvalue weighted by molar-refractivity contribution is 5.82. The molecule has 1 aromatic rings. The Morgan fingerprint density at radius 1 is 1.43 bits per heavy atom. The molecule has 0 heterocycles. The molecule has 21 heavy (non-hydrogen) atoms. The molecule has 4 nitrogen and oxygen atoms in total. The van der Waals surface area contributed by atoms with Crippen molar-refractivity contribution in [1.82, 2.24) is 4.90 Å². The summed E-state index contributed by atoms with van der Waals surface area (Å²) in [6, 6.07) is 7.28. The number of carbonyl (C=O) groups excluding carboxylic acids is 1. The third-order valence-corrected chi connectivity index (χ3v) is 4.45. The second-order valence-electron chi connectivity index (χ2n) is 6.05. The molecular formula is C17H25NO3. The number of hydrogen-bond donors (Lipinski definition) is 1. The molecular weight excluding hydrogens is 266 g/mol. The molecule has 0 spiro atoms. The lowest BCUT2D eigenvalue weighted by atomic mass is 9.86. The van der Waals surface area contributed by atoms with Gasteiger partial charge in [0.1, 0.15) is 5.75 Å². The molecule has 0 aromatic heterocycles. The molecule has 3 unspecified atom stereocenters. The number of carbonyl (C=O) groups is 1. The Morgan fingerprint density at radius 2 is 2.19 bits per heavy atom. The van der Waals surface area contributed by atoms with Gasteiger partial charge in [0.25, 0.3) is 5.91 Å². The van der Waals surface area contributed by atoms with Crippen molar-refractivity contribution < 1.29 is 14.6 Å². The van der Waals surface area contributed by atoms with E-state index in [1.807, 2.05) is 0 Å². The Morgan fingerprint density at radius 3 is 2.86 bits per heavy atom. The van der Waals surface area contributed by atoms with Crippen molar-refractivity contribution in [2.24, 2.45) is 5.92 Å². The molecule has 1 aromatic carbocycles. The van der Waals surface area contributed by atoms with Crippen LogP contribution in [0.4, 0.5) is 0 Å². The first-order chi connectivity index (χ1) is 10.0. The number of ether oxygens (including phenoxy) is 1. The number of hydrogen-bond acceptors (Lipinski definition) is 3. The quantitative estimate of drug-likeness (QED) is 0.928. The van der Waals surface area contributed by atoms with Crippen LogP contribution in [0.15, 0.2) is 24.3 Å². The van der Waals surface area contributed by atoms with E-state index in [2.05, 4.69) is 6.92 Å². The van der Waals surface area contributed by atoms with Gasteiger partial charge in [0.05, 0.1) is 7.11 Å². The number of benzene rings is 1. The second kappa shape index (κ2) is 6.94. The number of nitrogens with zero attached hydrogens (tertiary/aromatic N) is 1. The highest BCUT2D eigenvalue weighted by atomic mass is 16.5. The van der Waals surface area contributed by atoms with Gasteiger partial charge in [-0.25, -0.2) is 0 Å². The normalized spacial score (nSPS) is 23.4. The van der Waals surface area contributed by atoms with Gasteiger partial charge in [-0.05, 0) is 36.5 Å². The molecule has 3 atom stereocenters. The van der Waals surface area contributed by atoms with Crippen LogP contribution in [-0.4, -0.2) is 36.1 Å². The zero-order valence-corrected chi connectivity index (χ0v) is 13.1. The summed E-state index contributed by atoms with van der Waals surface area (Å²) in [5, 5.41) is 10.3. The molecule has 1 N–H and O–H groups in total. The number of aliphatic hydroxyl groups excluding tert-OH is 1. The maximum Gasteiger partial charge on any atom is 0.256 e. The fourth-order valence-corrected chi connectivity index (χ4v) is 3.08. The van der Waals surface area contributed by atoms with Crippen LogP contribution < -0.4 is 4.74 Å². The third kappa shape index (κ3) is 3.76. The van der Waals surface area contributed by atoms with Crippen molar-refractivity contribution in [2.75, 3.05) is 14.2 Å². The predicted octanol–water partition coefficient (Wildman–Crippen LogP) is 2.77. The molecule has 1 amide bonds. The molecule has 1 aliphatic carbocycles. The first kappa shape index (κ1) is 15.8. The van der Waals surface area contributed by atoms with Crippen molar-refractivity contribution >= 4 is 5.91 Å². The predicted molar refractivity (Wildman–Crippen MR) is 82.1 cm³/mol. The molecule has 1 saturated carbocycles. The maximum absolute atomic E-state index is 12.5. The van der Waals surface area contributed by atoms with Gasteiger partial charge in [0.2, 0.25) is 0 Å². The summed E-state index contributed by atoms with van der Waals surface area (Å²) in [5.74, 6) is 1.06. The molecule has 0 bridgehead atoms. The summed E-state index contributed by atoms with van der Waals surface area (Å²) < 4.78 is 5.14. The average molecular weight is 291 g/mol. The van der Waals surface area contributed by atoms with Gasteiger partial charge in [0.15, 0.2) is 6.10 Å². The summed E-state index contributed by atoms with van der Waals surface area (Å²) in [6.45, 7) is 2.23. The summed E-state index contributed by atoms with van der Waals surface area (Å²) in [4.78, 5) is 14.2. The molecule has 1 fully saturated rings. The average Bonchev–Trinajstić information content (AvgIpc) is 2.52. The number of aliphatic hydroxyl groups is 1. The monoisotopic (exact) mass is 291 g/mol. The van der Waals surface area contributed by atoms with E-state index < -0.39 is 6.10 Å². The number of amides is 1. The SMILES string of the molecule is COc1cccc(C(O)C(=O)N(C)C2CCCC(C)C2)c1. The smallest absolute Gasteiger partial charge is 0.256 e. The van der Waals surface area contributed by atoms with Gasteiger partial charge in [-0.2, -0.15) is 0 Å². The van der Waals surface area contributed by atoms with E-state index in [0.717, 1.165) is 19.3 Å². The molecule has 116 valence electrons. The van der Waals surface area contributed by atoms with E-state index in [1.54, 1.807) is 43.3 Å². The number of rotatable bonds is 4. The topological polar surface area (TPSA) is 49.8 Å². The minimum Gasteiger partial charge on any atom is -0.497 e. The van der Waals surface area contributed by atoms with E-state index in [1.165, 1.54) is 6.42 Å². The van der Waals surface area contributed by atoms with Crippen LogP contribution in [-0.2, 0) is 4.79 Å². The zero-order valence-electron chi connectivity index (χ0n) is 13.1. The first-order valence-corrected chi connectivity index (χ1v) is 7.61. The van der Waals surface area contributed by atoms with Crippen LogP contribution in [0.2, 0.25) is 0 Å². The van der Waals surface area contributed by atoms with Crippen molar-refractivity contribution in [3.05, 3.63) is 29.8 Å². The fourth-order valence-electron chi connectivity index (χ4n) is 3.08. The van der Waals surface area contributed by atoms with Crippen LogP contribution in [0.3, 0.4) is 0 Å². The lowest BCUT2D eigenvalue weighted by molar-refractivity contribution is -0.142. The Kier molecular flexibility index (Phi) is 5.23. The Bertz CT molecular complexity index is 489. The molecule has 4 heteroatoms. The van der Waals surface area contributed by atoms with Crippen LogP contribution in [0.1, 0.15) is 44.3 Å². The van der Waals surface area contributed by atoms with Crippen LogP contribution >= 0.6 is 0 Å². The van der Waals surface area contributed by atoms with E-state index >= 15 is 0 Å². The minimum absolute atomic E-state index is 0.234. The van der Waals surface area contributed by atoms with E-state index in [-0.39, 0.29) is 11.9 Å². The van der Waals surface area contributed by atoms with Crippen LogP contribution in [0, 0.1) is 5.92 Å². The second-order valence-corrected chi connectivity index (χ2v) is 6.05. The van der Waals surface area contributed by atoms with E-state index in [0.29, 0.717) is 17.2 Å². The van der Waals surface area contributed by atoms with Gasteiger partial charge in [0, 0.05) is 13.1 Å². The van der Waals surface area contributed by atoms with Crippen molar-refractivity contribution in [3.63, 3.8) is 0 Å². The minimum atomic E-state index is -1.12. The largest absolute Gasteiger partial charge is 0.497 e. The fraction of sp³-hybridized carbons (Fsp3) is 0.588. The summed E-state index contributed by atoms with van der Waals surface area (Å²) in [6.07, 6.45) is 3.31. The highest BCUT2D eigenvalue weighted by Crippen LogP contribution is 2.28. The summed E-state index contributed by atoms with van der Waals surface area (Å²) in [7, 11) is 3.37. The standard InChI is InChI=1S/C17H25NO3/c1-12-6-4-8-14(10-12)18(2)17(20)16(19)13-7-5-9-15(11-13)21-3/h5,7,9,11-12,14,16,19H,4,6,8,10H2,1-3H3. The third-order valence-electron chi connectivity index (χ3n) is 4.45. The van der Waals surface area contributed by atoms with Crippen LogP contribution in [0.5, 0.6) is 5.75 Å². The Hall–Kier alpha value is -1.55. The van der Waals surface area contributed by atoms with E-state index in [9.17, 15) is 9.90 Å². The van der Waals surface area contributed by atoms with Crippen molar-refractivity contribution in [2.45, 2.75) is 44.8 Å². The summed E-state index contributed by atoms with van der Waals surface area (Å²) >= 11 is 0. The van der Waals surface area contributed by atoms with Crippen molar-refractivity contribution in [3.8, 4) is 5.75 Å². The van der Waals surface area contributed by atoms with E-state index in [4.69, 9.17) is 4.74 Å². The van der Waals surface area contributed by atoms with Crippen molar-refractivity contribution in [1.29, 1.82) is 0 Å². The first-order valence-electron chi connectivity index (χ1n) is 7.61. The Balaban J connectivity index is 2.07. The maximum atomic E-state index is 12.5. The van der Waals surface area contributed by atoms with Crippen LogP contribution in [0.25, 0.3) is 0 Å². The molecule has 1 aliphatic rings. The number of methoxy groups -OCH3 is 1. The van der Waals surface area contributed by atoms with Gasteiger partial charge in [-0.3, -0.25) is 4.79 Å². The van der Waals surface area contributed by atoms with Gasteiger partial charge in [-0.1, -0.05) is 31.9 Å². The van der Waals surface area contributed by atoms with Gasteiger partial charge < -0.3 is 14.7 Å². The molecule has 2 rings (SSSR count). The lowest BCUT2D eigenvalue weighted by Gasteiger charge is -2.35. The molecule has 0 radical (unpaired) electrons. The molecule has 0 aliphatic heterocycles. The lowest BCUT2D eigenvalue weighted by Crippen LogP contribution is -2.42. The Labute approximate surface area is 126 Å². The zero-order chi connectivity index (χ0) is 15.4. The number of likely N-dealkylation sites (N-methyl/N-ethyl adjacent to an activating group) is 1. The summed E-state index contributed by atoms with van der Waals surface area (Å²) in [5.41, 5.74) is 0.579. The van der Waals surface area contributed by atoms with Gasteiger partial charge >= 0.3 is 0 Å². The molecule has 0 saturated heterocycles. The highest BCUT2D eigenvalue weighted by Gasteiger charge is 2.29. The van der Waals surface area contributed by atoms with Gasteiger partial charge in [-0.15, -0.1) is 0 Å².